The van der Waals surface area contributed by atoms with Crippen LogP contribution in [0.1, 0.15) is 11.9 Å². The van der Waals surface area contributed by atoms with Gasteiger partial charge in [-0.1, -0.05) is 30.3 Å². The number of fused-ring (bicyclic) bond motifs is 1. The van der Waals surface area contributed by atoms with Gasteiger partial charge in [0, 0.05) is 17.7 Å². The molecule has 2 aromatic carbocycles. The van der Waals surface area contributed by atoms with Crippen molar-refractivity contribution in [2.75, 3.05) is 6.61 Å². The third-order valence-corrected chi connectivity index (χ3v) is 4.70. The van der Waals surface area contributed by atoms with Crippen molar-refractivity contribution in [3.8, 4) is 5.75 Å². The van der Waals surface area contributed by atoms with Crippen LogP contribution >= 0.6 is 0 Å². The summed E-state index contributed by atoms with van der Waals surface area (Å²) in [6.45, 7) is 0.147. The minimum Gasteiger partial charge on any atom is -0.462 e. The van der Waals surface area contributed by atoms with Gasteiger partial charge in [-0.25, -0.2) is 0 Å². The molecule has 0 aromatic heterocycles. The predicted octanol–water partition coefficient (Wildman–Crippen LogP) is 1.53. The van der Waals surface area contributed by atoms with Crippen LogP contribution in [0.2, 0.25) is 0 Å². The van der Waals surface area contributed by atoms with Crippen LogP contribution in [-0.4, -0.2) is 52.4 Å². The molecule has 148 valence electrons. The third-order valence-electron chi connectivity index (χ3n) is 4.70. The number of hydrogen-bond acceptors (Lipinski definition) is 8. The highest BCUT2D eigenvalue weighted by Crippen LogP contribution is 2.34. The maximum absolute atomic E-state index is 10.7. The van der Waals surface area contributed by atoms with Crippen LogP contribution in [0.25, 0.3) is 0 Å². The molecule has 9 heteroatoms. The van der Waals surface area contributed by atoms with Crippen molar-refractivity contribution in [1.29, 1.82) is 0 Å². The smallest absolute Gasteiger partial charge is 0.269 e. The monoisotopic (exact) mass is 389 g/mol. The zero-order chi connectivity index (χ0) is 19.7. The summed E-state index contributed by atoms with van der Waals surface area (Å²) in [5.41, 5.74) is 0.713. The first-order valence-electron chi connectivity index (χ1n) is 8.77. The molecular formula is C19H19NO8. The molecule has 2 aromatic rings. The highest BCUT2D eigenvalue weighted by Gasteiger charge is 2.49. The third kappa shape index (κ3) is 3.71. The maximum Gasteiger partial charge on any atom is 0.269 e. The Morgan fingerprint density at radius 2 is 1.71 bits per heavy atom. The van der Waals surface area contributed by atoms with Crippen LogP contribution < -0.4 is 4.74 Å². The standard InChI is InChI=1S/C19H19NO8/c21-15-16(22)19(26-13-8-6-12(7-9-13)20(23)24)27-14-10-25-18(28-17(14)15)11-4-2-1-3-5-11/h1-9,14-19,21-22H,10H2/t14-,15-,16-,17+,18?,19+/m1/s1. The van der Waals surface area contributed by atoms with Gasteiger partial charge in [0.15, 0.2) is 6.29 Å². The maximum atomic E-state index is 10.7. The van der Waals surface area contributed by atoms with Gasteiger partial charge in [-0.3, -0.25) is 10.1 Å². The van der Waals surface area contributed by atoms with E-state index in [4.69, 9.17) is 18.9 Å². The fourth-order valence-corrected chi connectivity index (χ4v) is 3.23. The molecule has 2 saturated heterocycles. The summed E-state index contributed by atoms with van der Waals surface area (Å²) < 4.78 is 22.8. The average molecular weight is 389 g/mol. The lowest BCUT2D eigenvalue weighted by molar-refractivity contribution is -0.384. The minimum atomic E-state index is -1.37. The first-order chi connectivity index (χ1) is 13.5. The molecule has 6 atom stereocenters. The van der Waals surface area contributed by atoms with Crippen LogP contribution in [0, 0.1) is 10.1 Å². The number of ether oxygens (including phenoxy) is 4. The predicted molar refractivity (Wildman–Crippen MR) is 94.4 cm³/mol. The summed E-state index contributed by atoms with van der Waals surface area (Å²) in [7, 11) is 0. The molecule has 2 aliphatic rings. The van der Waals surface area contributed by atoms with E-state index < -0.39 is 41.9 Å². The number of nitro benzene ring substituents is 1. The molecule has 2 aliphatic heterocycles. The second kappa shape index (κ2) is 7.82. The van der Waals surface area contributed by atoms with E-state index in [0.29, 0.717) is 0 Å². The van der Waals surface area contributed by atoms with Crippen molar-refractivity contribution in [2.24, 2.45) is 0 Å². The van der Waals surface area contributed by atoms with Crippen LogP contribution in [0.4, 0.5) is 5.69 Å². The van der Waals surface area contributed by atoms with Gasteiger partial charge in [0.2, 0.25) is 6.29 Å². The second-order valence-corrected chi connectivity index (χ2v) is 6.57. The van der Waals surface area contributed by atoms with Crippen LogP contribution in [0.15, 0.2) is 54.6 Å². The molecule has 0 radical (unpaired) electrons. The number of aliphatic hydroxyl groups excluding tert-OH is 2. The highest BCUT2D eigenvalue weighted by atomic mass is 16.8. The van der Waals surface area contributed by atoms with E-state index >= 15 is 0 Å². The lowest BCUT2D eigenvalue weighted by atomic mass is 9.98. The van der Waals surface area contributed by atoms with E-state index in [1.54, 1.807) is 0 Å². The Kier molecular flexibility index (Phi) is 5.25. The molecule has 0 saturated carbocycles. The molecule has 2 heterocycles. The molecule has 1 unspecified atom stereocenters. The number of hydrogen-bond donors (Lipinski definition) is 2. The average Bonchev–Trinajstić information content (AvgIpc) is 2.72. The molecular weight excluding hydrogens is 370 g/mol. The summed E-state index contributed by atoms with van der Waals surface area (Å²) in [5, 5.41) is 31.7. The van der Waals surface area contributed by atoms with Crippen LogP contribution in [0.3, 0.4) is 0 Å². The Balaban J connectivity index is 1.43. The van der Waals surface area contributed by atoms with Crippen molar-refractivity contribution in [3.05, 3.63) is 70.3 Å². The zero-order valence-electron chi connectivity index (χ0n) is 14.7. The molecule has 2 fully saturated rings. The Labute approximate surface area is 160 Å². The topological polar surface area (TPSA) is 121 Å². The fourth-order valence-electron chi connectivity index (χ4n) is 3.23. The van der Waals surface area contributed by atoms with E-state index in [2.05, 4.69) is 0 Å². The van der Waals surface area contributed by atoms with Crippen LogP contribution in [0.5, 0.6) is 5.75 Å². The minimum absolute atomic E-state index is 0.0846. The first-order valence-corrected chi connectivity index (χ1v) is 8.77. The molecule has 0 aliphatic carbocycles. The van der Waals surface area contributed by atoms with Gasteiger partial charge < -0.3 is 29.2 Å². The van der Waals surface area contributed by atoms with Gasteiger partial charge in [0.1, 0.15) is 30.2 Å². The Hall–Kier alpha value is -2.56. The van der Waals surface area contributed by atoms with Crippen molar-refractivity contribution in [3.63, 3.8) is 0 Å². The molecule has 28 heavy (non-hydrogen) atoms. The molecule has 9 nitrogen and oxygen atoms in total. The molecule has 0 spiro atoms. The number of nitro groups is 1. The summed E-state index contributed by atoms with van der Waals surface area (Å²) >= 11 is 0. The van der Waals surface area contributed by atoms with Gasteiger partial charge in [-0.15, -0.1) is 0 Å². The van der Waals surface area contributed by atoms with Crippen LogP contribution in [-0.2, 0) is 14.2 Å². The van der Waals surface area contributed by atoms with Crippen molar-refractivity contribution < 1.29 is 34.1 Å². The van der Waals surface area contributed by atoms with Gasteiger partial charge in [-0.05, 0) is 12.1 Å². The lowest BCUT2D eigenvalue weighted by Gasteiger charge is -2.46. The Bertz CT molecular complexity index is 812. The van der Waals surface area contributed by atoms with Crippen molar-refractivity contribution in [1.82, 2.24) is 0 Å². The number of nitrogens with zero attached hydrogens (tertiary/aromatic N) is 1. The SMILES string of the molecule is O=[N+]([O-])c1ccc(O[C@H]2O[C@@H]3COC(c4ccccc4)O[C@@H]3[C@H](O)[C@H]2O)cc1. The number of non-ortho nitro benzene ring substituents is 1. The first kappa shape index (κ1) is 18.8. The summed E-state index contributed by atoms with van der Waals surface area (Å²) in [6.07, 6.45) is -5.88. The molecule has 0 bridgehead atoms. The Morgan fingerprint density at radius 1 is 1.00 bits per heavy atom. The molecule has 0 amide bonds. The fraction of sp³-hybridized carbons (Fsp3) is 0.368. The number of rotatable bonds is 4. The summed E-state index contributed by atoms with van der Waals surface area (Å²) in [5.74, 6) is 0.264. The van der Waals surface area contributed by atoms with Crippen molar-refractivity contribution in [2.45, 2.75) is 37.0 Å². The quantitative estimate of drug-likeness (QED) is 0.597. The van der Waals surface area contributed by atoms with Crippen molar-refractivity contribution >= 4 is 5.69 Å². The second-order valence-electron chi connectivity index (χ2n) is 6.57. The highest BCUT2D eigenvalue weighted by molar-refractivity contribution is 5.36. The lowest BCUT2D eigenvalue weighted by Crippen LogP contribution is -2.62. The van der Waals surface area contributed by atoms with E-state index in [0.717, 1.165) is 5.56 Å². The van der Waals surface area contributed by atoms with Gasteiger partial charge >= 0.3 is 0 Å². The van der Waals surface area contributed by atoms with Gasteiger partial charge in [-0.2, -0.15) is 0 Å². The Morgan fingerprint density at radius 3 is 2.39 bits per heavy atom. The van der Waals surface area contributed by atoms with E-state index in [9.17, 15) is 20.3 Å². The number of benzene rings is 2. The molecule has 4 rings (SSSR count). The van der Waals surface area contributed by atoms with E-state index in [-0.39, 0.29) is 18.0 Å². The summed E-state index contributed by atoms with van der Waals surface area (Å²) in [6, 6.07) is 14.6. The normalized spacial score (nSPS) is 32.4. The van der Waals surface area contributed by atoms with E-state index in [1.165, 1.54) is 24.3 Å². The van der Waals surface area contributed by atoms with Gasteiger partial charge in [0.25, 0.3) is 5.69 Å². The largest absolute Gasteiger partial charge is 0.462 e. The van der Waals surface area contributed by atoms with Gasteiger partial charge in [0.05, 0.1) is 11.5 Å². The van der Waals surface area contributed by atoms with E-state index in [1.807, 2.05) is 30.3 Å². The molecule has 2 N–H and O–H groups in total. The number of aliphatic hydroxyl groups is 2. The summed E-state index contributed by atoms with van der Waals surface area (Å²) in [4.78, 5) is 10.2. The zero-order valence-corrected chi connectivity index (χ0v) is 14.7.